The highest BCUT2D eigenvalue weighted by Gasteiger charge is 2.25. The lowest BCUT2D eigenvalue weighted by molar-refractivity contribution is 0.102. The number of nitriles is 1. The molecule has 0 radical (unpaired) electrons. The lowest BCUT2D eigenvalue weighted by Crippen LogP contribution is -2.10. The summed E-state index contributed by atoms with van der Waals surface area (Å²) in [5, 5.41) is 8.67. The van der Waals surface area contributed by atoms with Gasteiger partial charge in [0, 0.05) is 0 Å². The van der Waals surface area contributed by atoms with E-state index < -0.39 is 40.2 Å². The molecule has 0 fully saturated rings. The van der Waals surface area contributed by atoms with Crippen molar-refractivity contribution in [1.29, 1.82) is 5.26 Å². The summed E-state index contributed by atoms with van der Waals surface area (Å²) >= 11 is 0. The van der Waals surface area contributed by atoms with Crippen LogP contribution in [0, 0.1) is 34.6 Å². The van der Waals surface area contributed by atoms with E-state index in [0.717, 1.165) is 6.26 Å². The van der Waals surface area contributed by atoms with E-state index in [4.69, 9.17) is 5.26 Å². The van der Waals surface area contributed by atoms with Gasteiger partial charge in [0.2, 0.25) is 5.78 Å². The maximum absolute atomic E-state index is 13.3. The Balaban J connectivity index is 3.32. The van der Waals surface area contributed by atoms with Crippen molar-refractivity contribution >= 4 is 5.78 Å². The van der Waals surface area contributed by atoms with Gasteiger partial charge in [0.25, 0.3) is 0 Å². The van der Waals surface area contributed by atoms with Gasteiger partial charge < -0.3 is 4.74 Å². The second-order valence-electron chi connectivity index (χ2n) is 3.28. The van der Waals surface area contributed by atoms with Crippen molar-refractivity contribution in [2.75, 3.05) is 6.61 Å². The maximum Gasteiger partial charge on any atom is 0.209 e. The number of hydrogen-bond acceptors (Lipinski definition) is 3. The van der Waals surface area contributed by atoms with Gasteiger partial charge in [0.15, 0.2) is 23.3 Å². The second-order valence-corrected chi connectivity index (χ2v) is 3.28. The minimum absolute atomic E-state index is 0.132. The molecule has 0 atom stereocenters. The molecule has 0 saturated heterocycles. The third kappa shape index (κ3) is 2.91. The molecule has 0 N–H and O–H groups in total. The van der Waals surface area contributed by atoms with Crippen LogP contribution in [0.25, 0.3) is 0 Å². The van der Waals surface area contributed by atoms with Gasteiger partial charge in [-0.1, -0.05) is 0 Å². The molecule has 0 unspecified atom stereocenters. The summed E-state index contributed by atoms with van der Waals surface area (Å²) in [6.45, 7) is 1.70. The summed E-state index contributed by atoms with van der Waals surface area (Å²) in [6, 6.07) is 1.58. The van der Waals surface area contributed by atoms with E-state index in [1.807, 2.05) is 0 Å². The third-order valence-corrected chi connectivity index (χ3v) is 2.08. The van der Waals surface area contributed by atoms with E-state index in [1.165, 1.54) is 6.07 Å². The number of Topliss-reactive ketones (excluding diaryl/α,β-unsaturated/α-hetero) is 1. The molecule has 1 aromatic carbocycles. The van der Waals surface area contributed by atoms with Crippen molar-refractivity contribution in [3.05, 3.63) is 46.7 Å². The molecule has 0 bridgehead atoms. The summed E-state index contributed by atoms with van der Waals surface area (Å²) in [6.07, 6.45) is 0.737. The number of rotatable bonds is 4. The van der Waals surface area contributed by atoms with Crippen LogP contribution in [0.5, 0.6) is 0 Å². The largest absolute Gasteiger partial charge is 0.500 e. The molecule has 100 valence electrons. The molecular weight excluding hydrogens is 266 g/mol. The molecule has 19 heavy (non-hydrogen) atoms. The Bertz CT molecular complexity index is 590. The lowest BCUT2D eigenvalue weighted by atomic mass is 10.0. The Morgan fingerprint density at radius 1 is 1.32 bits per heavy atom. The van der Waals surface area contributed by atoms with Crippen molar-refractivity contribution in [1.82, 2.24) is 0 Å². The van der Waals surface area contributed by atoms with Crippen LogP contribution in [-0.2, 0) is 4.74 Å². The first-order valence-corrected chi connectivity index (χ1v) is 5.03. The molecular formula is C12H7F4NO2. The fourth-order valence-electron chi connectivity index (χ4n) is 1.18. The van der Waals surface area contributed by atoms with E-state index in [0.29, 0.717) is 0 Å². The van der Waals surface area contributed by atoms with E-state index in [2.05, 4.69) is 4.74 Å². The SMILES string of the molecule is CCO/C=C(/C#N)C(=O)c1cc(F)c(F)c(F)c1F. The molecule has 0 saturated carbocycles. The molecule has 0 aromatic heterocycles. The van der Waals surface area contributed by atoms with Crippen molar-refractivity contribution in [3.8, 4) is 6.07 Å². The van der Waals surface area contributed by atoms with Crippen molar-refractivity contribution < 1.29 is 27.1 Å². The number of halogens is 4. The normalized spacial score (nSPS) is 11.1. The highest BCUT2D eigenvalue weighted by Crippen LogP contribution is 2.21. The van der Waals surface area contributed by atoms with Gasteiger partial charge in [-0.3, -0.25) is 4.79 Å². The average molecular weight is 273 g/mol. The number of benzene rings is 1. The van der Waals surface area contributed by atoms with Gasteiger partial charge >= 0.3 is 0 Å². The molecule has 0 spiro atoms. The predicted molar refractivity (Wildman–Crippen MR) is 55.9 cm³/mol. The van der Waals surface area contributed by atoms with E-state index >= 15 is 0 Å². The standard InChI is InChI=1S/C12H7F4NO2/c1-2-19-5-6(4-17)12(18)7-3-8(13)10(15)11(16)9(7)14/h3,5H,2H2,1H3/b6-5-. The van der Waals surface area contributed by atoms with Crippen LogP contribution in [-0.4, -0.2) is 12.4 Å². The van der Waals surface area contributed by atoms with Gasteiger partial charge in [-0.2, -0.15) is 5.26 Å². The number of allylic oxidation sites excluding steroid dienone is 1. The molecule has 1 aromatic rings. The van der Waals surface area contributed by atoms with Gasteiger partial charge in [0.05, 0.1) is 12.2 Å². The first-order chi connectivity index (χ1) is 8.93. The van der Waals surface area contributed by atoms with Crippen molar-refractivity contribution in [2.45, 2.75) is 6.92 Å². The monoisotopic (exact) mass is 273 g/mol. The molecule has 1 rings (SSSR count). The number of ether oxygens (including phenoxy) is 1. The molecule has 0 amide bonds. The minimum Gasteiger partial charge on any atom is -0.500 e. The Kier molecular flexibility index (Phi) is 4.64. The molecule has 0 heterocycles. The van der Waals surface area contributed by atoms with E-state index in [9.17, 15) is 22.4 Å². The molecule has 0 aliphatic heterocycles. The van der Waals surface area contributed by atoms with Crippen LogP contribution >= 0.6 is 0 Å². The number of carbonyl (C=O) groups is 1. The Hall–Kier alpha value is -2.36. The molecule has 7 heteroatoms. The number of ketones is 1. The second kappa shape index (κ2) is 6.00. The summed E-state index contributed by atoms with van der Waals surface area (Å²) in [5.74, 6) is -9.03. The molecule has 0 aliphatic carbocycles. The number of hydrogen-bond donors (Lipinski definition) is 0. The number of carbonyl (C=O) groups excluding carboxylic acids is 1. The topological polar surface area (TPSA) is 50.1 Å². The number of nitrogens with zero attached hydrogens (tertiary/aromatic N) is 1. The van der Waals surface area contributed by atoms with Crippen LogP contribution in [0.1, 0.15) is 17.3 Å². The van der Waals surface area contributed by atoms with Crippen LogP contribution < -0.4 is 0 Å². The Morgan fingerprint density at radius 3 is 2.47 bits per heavy atom. The summed E-state index contributed by atoms with van der Waals surface area (Å²) in [4.78, 5) is 11.7. The molecule has 0 aliphatic rings. The van der Waals surface area contributed by atoms with Gasteiger partial charge in [0.1, 0.15) is 17.9 Å². The summed E-state index contributed by atoms with van der Waals surface area (Å²) in [7, 11) is 0. The van der Waals surface area contributed by atoms with Crippen LogP contribution in [0.15, 0.2) is 17.9 Å². The van der Waals surface area contributed by atoms with Crippen molar-refractivity contribution in [2.24, 2.45) is 0 Å². The van der Waals surface area contributed by atoms with Gasteiger partial charge in [-0.15, -0.1) is 0 Å². The average Bonchev–Trinajstić information content (AvgIpc) is 2.41. The third-order valence-electron chi connectivity index (χ3n) is 2.08. The van der Waals surface area contributed by atoms with E-state index in [-0.39, 0.29) is 12.7 Å². The Labute approximate surface area is 105 Å². The van der Waals surface area contributed by atoms with Crippen LogP contribution in [0.2, 0.25) is 0 Å². The quantitative estimate of drug-likeness (QED) is 0.161. The highest BCUT2D eigenvalue weighted by molar-refractivity contribution is 6.11. The summed E-state index contributed by atoms with van der Waals surface area (Å²) < 4.78 is 56.6. The van der Waals surface area contributed by atoms with Crippen LogP contribution in [0.4, 0.5) is 17.6 Å². The highest BCUT2D eigenvalue weighted by atomic mass is 19.2. The Morgan fingerprint density at radius 2 is 1.95 bits per heavy atom. The zero-order chi connectivity index (χ0) is 14.6. The lowest BCUT2D eigenvalue weighted by Gasteiger charge is -2.04. The fourth-order valence-corrected chi connectivity index (χ4v) is 1.18. The predicted octanol–water partition coefficient (Wildman–Crippen LogP) is 2.87. The molecule has 3 nitrogen and oxygen atoms in total. The van der Waals surface area contributed by atoms with Gasteiger partial charge in [-0.25, -0.2) is 17.6 Å². The zero-order valence-corrected chi connectivity index (χ0v) is 9.64. The van der Waals surface area contributed by atoms with Gasteiger partial charge in [-0.05, 0) is 13.0 Å². The summed E-state index contributed by atoms with van der Waals surface area (Å²) in [5.41, 5.74) is -1.74. The first kappa shape index (κ1) is 14.7. The smallest absolute Gasteiger partial charge is 0.209 e. The van der Waals surface area contributed by atoms with E-state index in [1.54, 1.807) is 6.92 Å². The van der Waals surface area contributed by atoms with Crippen LogP contribution in [0.3, 0.4) is 0 Å². The fraction of sp³-hybridized carbons (Fsp3) is 0.167. The van der Waals surface area contributed by atoms with Crippen molar-refractivity contribution in [3.63, 3.8) is 0 Å². The first-order valence-electron chi connectivity index (χ1n) is 5.03. The zero-order valence-electron chi connectivity index (χ0n) is 9.64. The maximum atomic E-state index is 13.3. The minimum atomic E-state index is -2.11.